The van der Waals surface area contributed by atoms with E-state index < -0.39 is 0 Å². The minimum absolute atomic E-state index is 0. The number of nitrogens with zero attached hydrogens (tertiary/aromatic N) is 3. The van der Waals surface area contributed by atoms with Gasteiger partial charge in [-0.15, -0.1) is 35.3 Å². The van der Waals surface area contributed by atoms with Crippen molar-refractivity contribution in [2.24, 2.45) is 4.99 Å². The zero-order chi connectivity index (χ0) is 20.5. The van der Waals surface area contributed by atoms with Gasteiger partial charge in [0.2, 0.25) is 0 Å². The molecule has 1 aromatic heterocycles. The first-order valence-electron chi connectivity index (χ1n) is 10.4. The van der Waals surface area contributed by atoms with Crippen LogP contribution in [0.5, 0.6) is 5.75 Å². The number of aliphatic imine (C=N–C) groups is 1. The molecule has 1 aromatic carbocycles. The van der Waals surface area contributed by atoms with Crippen LogP contribution in [-0.2, 0) is 6.42 Å². The topological polar surface area (TPSA) is 61.8 Å². The molecule has 2 aromatic rings. The second-order valence-electron chi connectivity index (χ2n) is 7.40. The lowest BCUT2D eigenvalue weighted by molar-refractivity contribution is 0.245. The molecule has 1 atom stereocenters. The van der Waals surface area contributed by atoms with E-state index in [1.165, 1.54) is 23.4 Å². The number of halogens is 1. The van der Waals surface area contributed by atoms with Crippen LogP contribution in [0.15, 0.2) is 34.6 Å². The van der Waals surface area contributed by atoms with Gasteiger partial charge in [0.25, 0.3) is 0 Å². The summed E-state index contributed by atoms with van der Waals surface area (Å²) in [7, 11) is 3.54. The second kappa shape index (κ2) is 13.1. The molecular formula is C22H34IN5OS. The zero-order valence-corrected chi connectivity index (χ0v) is 21.3. The van der Waals surface area contributed by atoms with Gasteiger partial charge in [0.1, 0.15) is 5.75 Å². The number of hydrogen-bond acceptors (Lipinski definition) is 5. The van der Waals surface area contributed by atoms with E-state index in [0.29, 0.717) is 6.04 Å². The maximum Gasteiger partial charge on any atom is 0.191 e. The Bertz CT molecular complexity index is 774. The van der Waals surface area contributed by atoms with Crippen LogP contribution in [0.2, 0.25) is 0 Å². The zero-order valence-electron chi connectivity index (χ0n) is 18.2. The molecule has 0 bridgehead atoms. The molecular weight excluding hydrogens is 509 g/mol. The number of ether oxygens (including phenoxy) is 1. The fraction of sp³-hybridized carbons (Fsp3) is 0.545. The Morgan fingerprint density at radius 3 is 2.57 bits per heavy atom. The summed E-state index contributed by atoms with van der Waals surface area (Å²) < 4.78 is 5.32. The predicted octanol–water partition coefficient (Wildman–Crippen LogP) is 4.01. The van der Waals surface area contributed by atoms with Crippen LogP contribution in [0.3, 0.4) is 0 Å². The van der Waals surface area contributed by atoms with Gasteiger partial charge in [-0.2, -0.15) is 0 Å². The van der Waals surface area contributed by atoms with Gasteiger partial charge in [-0.25, -0.2) is 4.98 Å². The molecule has 0 saturated carbocycles. The van der Waals surface area contributed by atoms with Crippen molar-refractivity contribution in [2.75, 3.05) is 40.3 Å². The smallest absolute Gasteiger partial charge is 0.191 e. The average Bonchev–Trinajstić information content (AvgIpc) is 3.42. The van der Waals surface area contributed by atoms with Gasteiger partial charge < -0.3 is 15.4 Å². The summed E-state index contributed by atoms with van der Waals surface area (Å²) >= 11 is 1.74. The third-order valence-corrected chi connectivity index (χ3v) is 6.32. The molecule has 1 aliphatic rings. The van der Waals surface area contributed by atoms with Crippen LogP contribution in [0.4, 0.5) is 0 Å². The highest BCUT2D eigenvalue weighted by molar-refractivity contribution is 14.0. The highest BCUT2D eigenvalue weighted by atomic mass is 127. The number of hydrogen-bond donors (Lipinski definition) is 2. The van der Waals surface area contributed by atoms with Gasteiger partial charge in [-0.05, 0) is 57.0 Å². The summed E-state index contributed by atoms with van der Waals surface area (Å²) in [5.41, 5.74) is 2.43. The molecule has 1 aliphatic heterocycles. The minimum Gasteiger partial charge on any atom is -0.497 e. The van der Waals surface area contributed by atoms with Crippen molar-refractivity contribution >= 4 is 41.3 Å². The molecule has 6 nitrogen and oxygen atoms in total. The highest BCUT2D eigenvalue weighted by Crippen LogP contribution is 2.26. The molecule has 0 spiro atoms. The first-order valence-corrected chi connectivity index (χ1v) is 11.3. The fourth-order valence-electron chi connectivity index (χ4n) is 3.71. The van der Waals surface area contributed by atoms with E-state index in [0.717, 1.165) is 56.4 Å². The standard InChI is InChI=1S/C22H33N5OS.HI/c1-17-16-29-21(26-17)7-6-12-24-22(23-2)25-15-20(27-13-4-5-14-27)18-8-10-19(28-3)11-9-18;/h8-11,16,20H,4-7,12-15H2,1-3H3,(H2,23,24,25);1H. The number of aryl methyl sites for hydroxylation is 2. The van der Waals surface area contributed by atoms with Crippen LogP contribution in [0.25, 0.3) is 0 Å². The van der Waals surface area contributed by atoms with Gasteiger partial charge in [0.15, 0.2) is 5.96 Å². The van der Waals surface area contributed by atoms with Crippen LogP contribution >= 0.6 is 35.3 Å². The predicted molar refractivity (Wildman–Crippen MR) is 136 cm³/mol. The maximum atomic E-state index is 5.32. The summed E-state index contributed by atoms with van der Waals surface area (Å²) in [6.07, 6.45) is 4.60. The first-order chi connectivity index (χ1) is 14.2. The molecule has 0 radical (unpaired) electrons. The van der Waals surface area contributed by atoms with Crippen molar-refractivity contribution in [2.45, 2.75) is 38.6 Å². The second-order valence-corrected chi connectivity index (χ2v) is 8.34. The molecule has 3 rings (SSSR count). The molecule has 30 heavy (non-hydrogen) atoms. The van der Waals surface area contributed by atoms with E-state index in [-0.39, 0.29) is 24.0 Å². The van der Waals surface area contributed by atoms with Gasteiger partial charge in [0.05, 0.1) is 18.2 Å². The van der Waals surface area contributed by atoms with Crippen molar-refractivity contribution < 1.29 is 4.74 Å². The molecule has 1 fully saturated rings. The molecule has 166 valence electrons. The lowest BCUT2D eigenvalue weighted by Crippen LogP contribution is -2.43. The fourth-order valence-corrected chi connectivity index (χ4v) is 4.53. The van der Waals surface area contributed by atoms with Crippen LogP contribution in [0, 0.1) is 6.92 Å². The first kappa shape index (κ1) is 24.9. The van der Waals surface area contributed by atoms with Gasteiger partial charge in [-0.1, -0.05) is 12.1 Å². The van der Waals surface area contributed by atoms with Crippen molar-refractivity contribution in [3.63, 3.8) is 0 Å². The summed E-state index contributed by atoms with van der Waals surface area (Å²) in [6, 6.07) is 8.78. The van der Waals surface area contributed by atoms with E-state index in [1.807, 2.05) is 26.1 Å². The molecule has 2 heterocycles. The summed E-state index contributed by atoms with van der Waals surface area (Å²) in [6.45, 7) is 6.06. The molecule has 8 heteroatoms. The Kier molecular flexibility index (Phi) is 10.9. The Morgan fingerprint density at radius 2 is 1.97 bits per heavy atom. The van der Waals surface area contributed by atoms with E-state index in [1.54, 1.807) is 18.4 Å². The van der Waals surface area contributed by atoms with Gasteiger partial charge >= 0.3 is 0 Å². The van der Waals surface area contributed by atoms with Gasteiger partial charge in [-0.3, -0.25) is 9.89 Å². The van der Waals surface area contributed by atoms with E-state index in [4.69, 9.17) is 4.74 Å². The van der Waals surface area contributed by atoms with E-state index in [9.17, 15) is 0 Å². The molecule has 1 saturated heterocycles. The highest BCUT2D eigenvalue weighted by Gasteiger charge is 2.23. The number of methoxy groups -OCH3 is 1. The Morgan fingerprint density at radius 1 is 1.23 bits per heavy atom. The maximum absolute atomic E-state index is 5.32. The van der Waals surface area contributed by atoms with E-state index >= 15 is 0 Å². The third-order valence-electron chi connectivity index (χ3n) is 5.29. The van der Waals surface area contributed by atoms with Crippen molar-refractivity contribution in [1.82, 2.24) is 20.5 Å². The molecule has 0 amide bonds. The number of aromatic nitrogens is 1. The van der Waals surface area contributed by atoms with Crippen molar-refractivity contribution in [1.29, 1.82) is 0 Å². The number of likely N-dealkylation sites (tertiary alicyclic amines) is 1. The number of guanidine groups is 1. The Labute approximate surface area is 201 Å². The Hall–Kier alpha value is -1.39. The normalized spacial score (nSPS) is 15.5. The number of rotatable bonds is 9. The number of thiazole rings is 1. The summed E-state index contributed by atoms with van der Waals surface area (Å²) in [5, 5.41) is 10.3. The monoisotopic (exact) mass is 543 g/mol. The average molecular weight is 544 g/mol. The van der Waals surface area contributed by atoms with Gasteiger partial charge in [0, 0.05) is 37.6 Å². The lowest BCUT2D eigenvalue weighted by Gasteiger charge is -2.29. The molecule has 0 aliphatic carbocycles. The summed E-state index contributed by atoms with van der Waals surface area (Å²) in [5.74, 6) is 1.76. The number of nitrogens with one attached hydrogen (secondary N) is 2. The minimum atomic E-state index is 0. The van der Waals surface area contributed by atoms with Crippen molar-refractivity contribution in [3.8, 4) is 5.75 Å². The van der Waals surface area contributed by atoms with Crippen molar-refractivity contribution in [3.05, 3.63) is 45.9 Å². The van der Waals surface area contributed by atoms with Crippen LogP contribution in [-0.4, -0.2) is 56.2 Å². The molecule has 2 N–H and O–H groups in total. The van der Waals surface area contributed by atoms with E-state index in [2.05, 4.69) is 43.0 Å². The largest absolute Gasteiger partial charge is 0.497 e. The SMILES string of the molecule is CN=C(NCCCc1nc(C)cs1)NCC(c1ccc(OC)cc1)N1CCCC1.I. The number of benzene rings is 1. The quantitative estimate of drug-likeness (QED) is 0.217. The van der Waals surface area contributed by atoms with Crippen LogP contribution < -0.4 is 15.4 Å². The molecule has 1 unspecified atom stereocenters. The third kappa shape index (κ3) is 7.39. The lowest BCUT2D eigenvalue weighted by atomic mass is 10.1. The van der Waals surface area contributed by atoms with Crippen LogP contribution in [0.1, 0.15) is 41.6 Å². The Balaban J connectivity index is 0.00000320. The summed E-state index contributed by atoms with van der Waals surface area (Å²) in [4.78, 5) is 11.5.